The Hall–Kier alpha value is -3.59. The monoisotopic (exact) mass is 470 g/mol. The van der Waals surface area contributed by atoms with Crippen LogP contribution in [-0.2, 0) is 33.6 Å². The van der Waals surface area contributed by atoms with E-state index in [1.807, 2.05) is 30.3 Å². The number of aliphatic carboxylic acids is 2. The fourth-order valence-corrected chi connectivity index (χ4v) is 3.77. The molecule has 2 heterocycles. The number of amides is 1. The summed E-state index contributed by atoms with van der Waals surface area (Å²) >= 11 is 0. The van der Waals surface area contributed by atoms with Gasteiger partial charge in [0.05, 0.1) is 31.7 Å². The maximum Gasteiger partial charge on any atom is 0.414 e. The lowest BCUT2D eigenvalue weighted by atomic mass is 10.0. The van der Waals surface area contributed by atoms with E-state index < -0.39 is 11.9 Å². The average Bonchev–Trinajstić information content (AvgIpc) is 3.07. The van der Waals surface area contributed by atoms with Gasteiger partial charge in [0.1, 0.15) is 12.4 Å². The molecular formula is C25H30N2O7. The van der Waals surface area contributed by atoms with Crippen LogP contribution in [0.1, 0.15) is 29.5 Å². The van der Waals surface area contributed by atoms with Crippen molar-refractivity contribution in [2.24, 2.45) is 0 Å². The maximum atomic E-state index is 12.6. The van der Waals surface area contributed by atoms with Gasteiger partial charge in [-0.25, -0.2) is 4.79 Å². The number of anilines is 1. The van der Waals surface area contributed by atoms with Gasteiger partial charge in [-0.15, -0.1) is 0 Å². The van der Waals surface area contributed by atoms with Crippen molar-refractivity contribution in [1.82, 2.24) is 5.32 Å². The molecule has 0 aromatic heterocycles. The molecule has 0 fully saturated rings. The minimum Gasteiger partial charge on any atom is -0.490 e. The SMILES string of the molecule is O=C(O)CCC(=O)O.O=C(OCCc1ccccc1)N1CCOc2cc3c(cc21)CCNCC3. The summed E-state index contributed by atoms with van der Waals surface area (Å²) in [6.45, 7) is 3.35. The number of ether oxygens (including phenoxy) is 2. The Morgan fingerprint density at radius 3 is 2.26 bits per heavy atom. The number of carbonyl (C=O) groups excluding carboxylic acids is 1. The number of carboxylic acids is 2. The van der Waals surface area contributed by atoms with Crippen molar-refractivity contribution in [2.45, 2.75) is 32.1 Å². The summed E-state index contributed by atoms with van der Waals surface area (Å²) in [6.07, 6.45) is 1.80. The zero-order valence-corrected chi connectivity index (χ0v) is 19.0. The van der Waals surface area contributed by atoms with E-state index in [0.717, 1.165) is 43.8 Å². The van der Waals surface area contributed by atoms with Crippen LogP contribution in [0.2, 0.25) is 0 Å². The highest BCUT2D eigenvalue weighted by molar-refractivity contribution is 5.90. The molecule has 4 rings (SSSR count). The Balaban J connectivity index is 0.000000350. The first-order valence-electron chi connectivity index (χ1n) is 11.3. The van der Waals surface area contributed by atoms with Crippen LogP contribution in [0.15, 0.2) is 42.5 Å². The first-order valence-corrected chi connectivity index (χ1v) is 11.3. The predicted octanol–water partition coefficient (Wildman–Crippen LogP) is 2.89. The Morgan fingerprint density at radius 1 is 0.971 bits per heavy atom. The largest absolute Gasteiger partial charge is 0.490 e. The molecule has 0 bridgehead atoms. The second-order valence-electron chi connectivity index (χ2n) is 7.98. The van der Waals surface area contributed by atoms with Crippen molar-refractivity contribution in [1.29, 1.82) is 0 Å². The summed E-state index contributed by atoms with van der Waals surface area (Å²) in [6, 6.07) is 14.3. The zero-order valence-electron chi connectivity index (χ0n) is 19.0. The van der Waals surface area contributed by atoms with E-state index in [1.54, 1.807) is 4.90 Å². The lowest BCUT2D eigenvalue weighted by molar-refractivity contribution is -0.143. The lowest BCUT2D eigenvalue weighted by Gasteiger charge is -2.30. The van der Waals surface area contributed by atoms with Crippen LogP contribution < -0.4 is 15.0 Å². The topological polar surface area (TPSA) is 125 Å². The molecule has 2 aliphatic rings. The Kier molecular flexibility index (Phi) is 9.28. The summed E-state index contributed by atoms with van der Waals surface area (Å²) < 4.78 is 11.3. The van der Waals surface area contributed by atoms with E-state index in [2.05, 4.69) is 17.4 Å². The van der Waals surface area contributed by atoms with Crippen molar-refractivity contribution >= 4 is 23.7 Å². The van der Waals surface area contributed by atoms with Crippen molar-refractivity contribution in [3.05, 3.63) is 59.2 Å². The normalized spacial score (nSPS) is 14.3. The smallest absolute Gasteiger partial charge is 0.414 e. The highest BCUT2D eigenvalue weighted by Crippen LogP contribution is 2.35. The molecule has 0 unspecified atom stereocenters. The molecule has 0 aliphatic carbocycles. The number of rotatable bonds is 6. The molecule has 0 atom stereocenters. The molecule has 0 saturated heterocycles. The van der Waals surface area contributed by atoms with Gasteiger partial charge in [-0.2, -0.15) is 0 Å². The Labute approximate surface area is 198 Å². The third-order valence-corrected chi connectivity index (χ3v) is 5.52. The van der Waals surface area contributed by atoms with Crippen molar-refractivity contribution in [3.63, 3.8) is 0 Å². The molecule has 9 nitrogen and oxygen atoms in total. The summed E-state index contributed by atoms with van der Waals surface area (Å²) in [5.41, 5.74) is 4.61. The van der Waals surface area contributed by atoms with Crippen LogP contribution in [0.3, 0.4) is 0 Å². The molecule has 0 radical (unpaired) electrons. The van der Waals surface area contributed by atoms with Crippen LogP contribution in [-0.4, -0.2) is 61.1 Å². The molecule has 3 N–H and O–H groups in total. The number of hydrogen-bond donors (Lipinski definition) is 3. The fraction of sp³-hybridized carbons (Fsp3) is 0.400. The molecule has 2 aromatic rings. The summed E-state index contributed by atoms with van der Waals surface area (Å²) in [4.78, 5) is 33.6. The highest BCUT2D eigenvalue weighted by atomic mass is 16.6. The van der Waals surface area contributed by atoms with Gasteiger partial charge in [-0.3, -0.25) is 14.5 Å². The van der Waals surface area contributed by atoms with Crippen LogP contribution in [0, 0.1) is 0 Å². The van der Waals surface area contributed by atoms with E-state index in [1.165, 1.54) is 16.7 Å². The quantitative estimate of drug-likeness (QED) is 0.589. The third-order valence-electron chi connectivity index (χ3n) is 5.52. The minimum atomic E-state index is -1.08. The van der Waals surface area contributed by atoms with Gasteiger partial charge in [0.25, 0.3) is 0 Å². The van der Waals surface area contributed by atoms with Gasteiger partial charge in [-0.05, 0) is 54.8 Å². The van der Waals surface area contributed by atoms with Crippen LogP contribution in [0.5, 0.6) is 5.75 Å². The van der Waals surface area contributed by atoms with E-state index >= 15 is 0 Å². The minimum absolute atomic E-state index is 0.294. The van der Waals surface area contributed by atoms with E-state index in [9.17, 15) is 14.4 Å². The predicted molar refractivity (Wildman–Crippen MR) is 126 cm³/mol. The summed E-state index contributed by atoms with van der Waals surface area (Å²) in [5, 5.41) is 19.2. The van der Waals surface area contributed by atoms with E-state index in [4.69, 9.17) is 19.7 Å². The number of nitrogens with one attached hydrogen (secondary N) is 1. The van der Waals surface area contributed by atoms with Crippen molar-refractivity contribution < 1.29 is 34.1 Å². The van der Waals surface area contributed by atoms with Crippen LogP contribution >= 0.6 is 0 Å². The maximum absolute atomic E-state index is 12.6. The number of fused-ring (bicyclic) bond motifs is 2. The number of nitrogens with zero attached hydrogens (tertiary/aromatic N) is 1. The summed E-state index contributed by atoms with van der Waals surface area (Å²) in [7, 11) is 0. The lowest BCUT2D eigenvalue weighted by Crippen LogP contribution is -2.38. The molecule has 0 spiro atoms. The van der Waals surface area contributed by atoms with Crippen molar-refractivity contribution in [2.75, 3.05) is 37.7 Å². The summed E-state index contributed by atoms with van der Waals surface area (Å²) in [5.74, 6) is -1.36. The van der Waals surface area contributed by atoms with E-state index in [0.29, 0.717) is 19.8 Å². The zero-order chi connectivity index (χ0) is 24.3. The molecule has 1 amide bonds. The van der Waals surface area contributed by atoms with Gasteiger partial charge in [0.15, 0.2) is 0 Å². The third kappa shape index (κ3) is 7.48. The number of benzene rings is 2. The highest BCUT2D eigenvalue weighted by Gasteiger charge is 2.26. The van der Waals surface area contributed by atoms with Gasteiger partial charge in [-0.1, -0.05) is 30.3 Å². The Bertz CT molecular complexity index is 980. The van der Waals surface area contributed by atoms with Gasteiger partial charge < -0.3 is 25.0 Å². The molecular weight excluding hydrogens is 440 g/mol. The number of carbonyl (C=O) groups is 3. The molecule has 9 heteroatoms. The second kappa shape index (κ2) is 12.6. The molecule has 0 saturated carbocycles. The van der Waals surface area contributed by atoms with Gasteiger partial charge in [0.2, 0.25) is 0 Å². The van der Waals surface area contributed by atoms with Crippen LogP contribution in [0.4, 0.5) is 10.5 Å². The second-order valence-corrected chi connectivity index (χ2v) is 7.98. The Morgan fingerprint density at radius 2 is 1.62 bits per heavy atom. The molecule has 2 aromatic carbocycles. The number of carboxylic acid groups (broad SMARTS) is 2. The van der Waals surface area contributed by atoms with E-state index in [-0.39, 0.29) is 18.9 Å². The standard InChI is InChI=1S/C21H24N2O3.C4H6O4/c24-21(26-12-8-16-4-2-1-3-5-16)23-11-13-25-20-15-18-7-10-22-9-6-17(18)14-19(20)23;5-3(6)1-2-4(7)8/h1-5,14-15,22H,6-13H2;1-2H2,(H,5,6)(H,7,8). The molecule has 34 heavy (non-hydrogen) atoms. The fourth-order valence-electron chi connectivity index (χ4n) is 3.77. The number of hydrogen-bond acceptors (Lipinski definition) is 6. The average molecular weight is 471 g/mol. The van der Waals surface area contributed by atoms with Gasteiger partial charge in [0, 0.05) is 6.42 Å². The molecule has 182 valence electrons. The molecule has 2 aliphatic heterocycles. The van der Waals surface area contributed by atoms with Crippen molar-refractivity contribution in [3.8, 4) is 5.75 Å². The first kappa shape index (κ1) is 25.0. The van der Waals surface area contributed by atoms with Gasteiger partial charge >= 0.3 is 18.0 Å². The van der Waals surface area contributed by atoms with Crippen LogP contribution in [0.25, 0.3) is 0 Å². The first-order chi connectivity index (χ1) is 16.4.